The monoisotopic (exact) mass is 277 g/mol. The predicted molar refractivity (Wildman–Crippen MR) is 61.7 cm³/mol. The van der Waals surface area contributed by atoms with Crippen molar-refractivity contribution in [2.24, 2.45) is 0 Å². The van der Waals surface area contributed by atoms with Crippen molar-refractivity contribution in [3.63, 3.8) is 0 Å². The summed E-state index contributed by atoms with van der Waals surface area (Å²) in [6.07, 6.45) is 0. The van der Waals surface area contributed by atoms with Gasteiger partial charge < -0.3 is 5.73 Å². The molecule has 5 heteroatoms. The zero-order chi connectivity index (χ0) is 10.8. The van der Waals surface area contributed by atoms with E-state index in [4.69, 9.17) is 5.73 Å². The number of hydrogen-bond acceptors (Lipinski definition) is 3. The summed E-state index contributed by atoms with van der Waals surface area (Å²) in [5.74, 6) is 0.212. The second-order valence-electron chi connectivity index (χ2n) is 3.03. The van der Waals surface area contributed by atoms with E-state index in [1.54, 1.807) is 25.1 Å². The Bertz CT molecular complexity index is 428. The van der Waals surface area contributed by atoms with Crippen LogP contribution >= 0.6 is 15.9 Å². The number of anilines is 1. The molecule has 1 aromatic carbocycles. The van der Waals surface area contributed by atoms with E-state index in [1.165, 1.54) is 0 Å². The van der Waals surface area contributed by atoms with Crippen LogP contribution in [-0.2, 0) is 15.6 Å². The van der Waals surface area contributed by atoms with Gasteiger partial charge in [0.25, 0.3) is 0 Å². The molecule has 0 saturated heterocycles. The third-order valence-corrected chi connectivity index (χ3v) is 4.26. The average molecular weight is 278 g/mol. The number of nitrogens with two attached hydrogens (primary N) is 1. The first-order valence-corrected chi connectivity index (χ1v) is 6.80. The van der Waals surface area contributed by atoms with Crippen LogP contribution in [0.5, 0.6) is 0 Å². The normalized spacial score (nSPS) is 11.6. The van der Waals surface area contributed by atoms with Crippen LogP contribution in [0.4, 0.5) is 5.69 Å². The summed E-state index contributed by atoms with van der Waals surface area (Å²) in [7, 11) is -2.97. The molecule has 78 valence electrons. The van der Waals surface area contributed by atoms with Crippen molar-refractivity contribution in [3.8, 4) is 0 Å². The van der Waals surface area contributed by atoms with Crippen molar-refractivity contribution in [3.05, 3.63) is 28.2 Å². The molecule has 0 fully saturated rings. The fourth-order valence-corrected chi connectivity index (χ4v) is 2.18. The molecule has 1 aromatic rings. The van der Waals surface area contributed by atoms with E-state index in [0.717, 1.165) is 10.0 Å². The van der Waals surface area contributed by atoms with Gasteiger partial charge in [0.1, 0.15) is 0 Å². The SMILES string of the molecule is CCS(=O)(=O)Cc1ccc(Br)c(N)c1. The fraction of sp³-hybridized carbons (Fsp3) is 0.333. The number of rotatable bonds is 3. The van der Waals surface area contributed by atoms with Gasteiger partial charge in [0.05, 0.1) is 5.75 Å². The fourth-order valence-electron chi connectivity index (χ4n) is 1.04. The molecule has 3 nitrogen and oxygen atoms in total. The van der Waals surface area contributed by atoms with Gasteiger partial charge in [0.15, 0.2) is 9.84 Å². The molecule has 0 heterocycles. The highest BCUT2D eigenvalue weighted by Crippen LogP contribution is 2.21. The van der Waals surface area contributed by atoms with E-state index in [-0.39, 0.29) is 11.5 Å². The molecule has 0 bridgehead atoms. The maximum absolute atomic E-state index is 11.3. The van der Waals surface area contributed by atoms with E-state index in [9.17, 15) is 8.42 Å². The molecule has 2 N–H and O–H groups in total. The minimum Gasteiger partial charge on any atom is -0.398 e. The van der Waals surface area contributed by atoms with E-state index >= 15 is 0 Å². The molecule has 0 radical (unpaired) electrons. The smallest absolute Gasteiger partial charge is 0.154 e. The van der Waals surface area contributed by atoms with Gasteiger partial charge >= 0.3 is 0 Å². The van der Waals surface area contributed by atoms with Crippen LogP contribution < -0.4 is 5.73 Å². The molecule has 0 aliphatic rings. The maximum atomic E-state index is 11.3. The summed E-state index contributed by atoms with van der Waals surface area (Å²) in [6, 6.07) is 5.20. The van der Waals surface area contributed by atoms with E-state index < -0.39 is 9.84 Å². The third kappa shape index (κ3) is 2.99. The average Bonchev–Trinajstić information content (AvgIpc) is 2.11. The van der Waals surface area contributed by atoms with Crippen molar-refractivity contribution in [2.45, 2.75) is 12.7 Å². The molecular weight excluding hydrogens is 266 g/mol. The van der Waals surface area contributed by atoms with E-state index in [2.05, 4.69) is 15.9 Å². The van der Waals surface area contributed by atoms with Crippen LogP contribution in [0, 0.1) is 0 Å². The summed E-state index contributed by atoms with van der Waals surface area (Å²) < 4.78 is 23.4. The highest BCUT2D eigenvalue weighted by molar-refractivity contribution is 9.10. The van der Waals surface area contributed by atoms with Crippen LogP contribution in [0.2, 0.25) is 0 Å². The van der Waals surface area contributed by atoms with Gasteiger partial charge in [-0.15, -0.1) is 0 Å². The molecular formula is C9H12BrNO2S. The van der Waals surface area contributed by atoms with Crippen LogP contribution in [0.15, 0.2) is 22.7 Å². The highest BCUT2D eigenvalue weighted by Gasteiger charge is 2.09. The number of benzene rings is 1. The topological polar surface area (TPSA) is 60.2 Å². The van der Waals surface area contributed by atoms with E-state index in [1.807, 2.05) is 0 Å². The molecule has 14 heavy (non-hydrogen) atoms. The first-order valence-electron chi connectivity index (χ1n) is 4.19. The second-order valence-corrected chi connectivity index (χ2v) is 6.24. The molecule has 0 aliphatic carbocycles. The minimum atomic E-state index is -2.97. The van der Waals surface area contributed by atoms with Crippen molar-refractivity contribution >= 4 is 31.5 Å². The van der Waals surface area contributed by atoms with Gasteiger partial charge in [0, 0.05) is 15.9 Å². The molecule has 0 saturated carbocycles. The quantitative estimate of drug-likeness (QED) is 0.860. The number of hydrogen-bond donors (Lipinski definition) is 1. The number of nitrogen functional groups attached to an aromatic ring is 1. The summed E-state index contributed by atoms with van der Waals surface area (Å²) >= 11 is 3.25. The Balaban J connectivity index is 2.94. The van der Waals surface area contributed by atoms with Crippen molar-refractivity contribution in [1.82, 2.24) is 0 Å². The highest BCUT2D eigenvalue weighted by atomic mass is 79.9. The van der Waals surface area contributed by atoms with Gasteiger partial charge in [-0.1, -0.05) is 13.0 Å². The van der Waals surface area contributed by atoms with Crippen LogP contribution in [0.3, 0.4) is 0 Å². The summed E-state index contributed by atoms with van der Waals surface area (Å²) in [5, 5.41) is 0. The Morgan fingerprint density at radius 3 is 2.57 bits per heavy atom. The lowest BCUT2D eigenvalue weighted by atomic mass is 10.2. The Kier molecular flexibility index (Phi) is 3.55. The standard InChI is InChI=1S/C9H12BrNO2S/c1-2-14(12,13)6-7-3-4-8(10)9(11)5-7/h3-5H,2,6,11H2,1H3. The molecule has 0 unspecified atom stereocenters. The first-order chi connectivity index (χ1) is 6.44. The molecule has 0 atom stereocenters. The first kappa shape index (κ1) is 11.5. The van der Waals surface area contributed by atoms with Crippen LogP contribution in [0.1, 0.15) is 12.5 Å². The molecule has 1 rings (SSSR count). The lowest BCUT2D eigenvalue weighted by Gasteiger charge is -2.04. The number of halogens is 1. The van der Waals surface area contributed by atoms with Crippen molar-refractivity contribution < 1.29 is 8.42 Å². The predicted octanol–water partition coefficient (Wildman–Crippen LogP) is 1.97. The lowest BCUT2D eigenvalue weighted by molar-refractivity contribution is 0.596. The molecule has 0 aromatic heterocycles. The maximum Gasteiger partial charge on any atom is 0.154 e. The Labute approximate surface area is 92.4 Å². The zero-order valence-corrected chi connectivity index (χ0v) is 10.2. The second kappa shape index (κ2) is 4.31. The van der Waals surface area contributed by atoms with Crippen LogP contribution in [0.25, 0.3) is 0 Å². The van der Waals surface area contributed by atoms with Gasteiger partial charge in [0.2, 0.25) is 0 Å². The Morgan fingerprint density at radius 1 is 1.43 bits per heavy atom. The third-order valence-electron chi connectivity index (χ3n) is 1.89. The largest absolute Gasteiger partial charge is 0.398 e. The minimum absolute atomic E-state index is 0.0565. The summed E-state index contributed by atoms with van der Waals surface area (Å²) in [5.41, 5.74) is 6.93. The van der Waals surface area contributed by atoms with Gasteiger partial charge in [-0.05, 0) is 33.6 Å². The summed E-state index contributed by atoms with van der Waals surface area (Å²) in [4.78, 5) is 0. The zero-order valence-electron chi connectivity index (χ0n) is 7.83. The molecule has 0 aliphatic heterocycles. The molecule has 0 amide bonds. The van der Waals surface area contributed by atoms with Crippen LogP contribution in [-0.4, -0.2) is 14.2 Å². The van der Waals surface area contributed by atoms with Crippen molar-refractivity contribution in [1.29, 1.82) is 0 Å². The number of sulfone groups is 1. The van der Waals surface area contributed by atoms with Crippen molar-refractivity contribution in [2.75, 3.05) is 11.5 Å². The van der Waals surface area contributed by atoms with Gasteiger partial charge in [-0.2, -0.15) is 0 Å². The van der Waals surface area contributed by atoms with Gasteiger partial charge in [-0.25, -0.2) is 8.42 Å². The Morgan fingerprint density at radius 2 is 2.07 bits per heavy atom. The molecule has 0 spiro atoms. The Hall–Kier alpha value is -0.550. The van der Waals surface area contributed by atoms with E-state index in [0.29, 0.717) is 5.69 Å². The summed E-state index contributed by atoms with van der Waals surface area (Å²) in [6.45, 7) is 1.64. The van der Waals surface area contributed by atoms with Gasteiger partial charge in [-0.3, -0.25) is 0 Å². The lowest BCUT2D eigenvalue weighted by Crippen LogP contribution is -2.06.